The van der Waals surface area contributed by atoms with Crippen molar-refractivity contribution < 1.29 is 14.4 Å². The fraction of sp³-hybridized carbons (Fsp3) is 0.217. The number of aryl methyl sites for hydroxylation is 1. The van der Waals surface area contributed by atoms with Crippen LogP contribution in [0.25, 0.3) is 0 Å². The molecule has 3 aromatic rings. The Balaban J connectivity index is 1.62. The van der Waals surface area contributed by atoms with Gasteiger partial charge in [-0.05, 0) is 54.7 Å². The van der Waals surface area contributed by atoms with E-state index in [0.29, 0.717) is 28.8 Å². The third-order valence-corrected chi connectivity index (χ3v) is 6.64. The van der Waals surface area contributed by atoms with Crippen LogP contribution in [0.15, 0.2) is 58.3 Å². The zero-order chi connectivity index (χ0) is 21.0. The Morgan fingerprint density at radius 1 is 1.07 bits per heavy atom. The third kappa shape index (κ3) is 3.09. The van der Waals surface area contributed by atoms with E-state index in [1.54, 1.807) is 24.3 Å². The fourth-order valence-corrected chi connectivity index (χ4v) is 4.79. The Hall–Kier alpha value is -2.76. The Morgan fingerprint density at radius 3 is 2.53 bits per heavy atom. The maximum absolute atomic E-state index is 13.4. The van der Waals surface area contributed by atoms with Crippen molar-refractivity contribution in [2.24, 2.45) is 0 Å². The number of halogens is 2. The second-order valence-corrected chi connectivity index (χ2v) is 8.57. The minimum Gasteiger partial charge on any atom is -0.508 e. The first kappa shape index (κ1) is 19.2. The maximum Gasteiger partial charge on any atom is 0.233 e. The number of nitrogens with one attached hydrogen (secondary N) is 1. The summed E-state index contributed by atoms with van der Waals surface area (Å²) in [5.41, 5.74) is 5.03. The van der Waals surface area contributed by atoms with Gasteiger partial charge in [-0.15, -0.1) is 0 Å². The van der Waals surface area contributed by atoms with Crippen molar-refractivity contribution in [3.05, 3.63) is 86.2 Å². The zero-order valence-corrected chi connectivity index (χ0v) is 17.6. The number of aromatic hydroxyl groups is 1. The van der Waals surface area contributed by atoms with Crippen LogP contribution in [0.3, 0.4) is 0 Å². The Kier molecular flexibility index (Phi) is 4.60. The lowest BCUT2D eigenvalue weighted by molar-refractivity contribution is -0.116. The van der Waals surface area contributed by atoms with Crippen molar-refractivity contribution in [2.45, 2.75) is 31.6 Å². The van der Waals surface area contributed by atoms with Gasteiger partial charge >= 0.3 is 0 Å². The summed E-state index contributed by atoms with van der Waals surface area (Å²) >= 11 is 12.4. The highest BCUT2D eigenvalue weighted by Crippen LogP contribution is 2.49. The summed E-state index contributed by atoms with van der Waals surface area (Å²) in [6.45, 7) is 1.87. The number of anilines is 1. The van der Waals surface area contributed by atoms with E-state index in [1.165, 1.54) is 0 Å². The fourth-order valence-electron chi connectivity index (χ4n) is 4.48. The van der Waals surface area contributed by atoms with Gasteiger partial charge in [0.2, 0.25) is 5.88 Å². The number of nitrogens with zero attached hydrogens (tertiary/aromatic N) is 1. The van der Waals surface area contributed by atoms with E-state index >= 15 is 0 Å². The molecule has 1 aromatic heterocycles. The van der Waals surface area contributed by atoms with Gasteiger partial charge in [0.15, 0.2) is 5.78 Å². The quantitative estimate of drug-likeness (QED) is 0.514. The number of phenolic OH excluding ortho intramolecular Hbond substituents is 1. The summed E-state index contributed by atoms with van der Waals surface area (Å²) in [5, 5.41) is 17.9. The molecule has 2 atom stereocenters. The lowest BCUT2D eigenvalue weighted by Crippen LogP contribution is -2.29. The van der Waals surface area contributed by atoms with Gasteiger partial charge in [-0.25, -0.2) is 0 Å². The van der Waals surface area contributed by atoms with Crippen molar-refractivity contribution in [1.29, 1.82) is 0 Å². The van der Waals surface area contributed by atoms with Gasteiger partial charge in [-0.1, -0.05) is 46.6 Å². The van der Waals surface area contributed by atoms with Crippen LogP contribution < -0.4 is 5.32 Å². The second-order valence-electron chi connectivity index (χ2n) is 7.75. The van der Waals surface area contributed by atoms with Gasteiger partial charge in [-0.3, -0.25) is 4.79 Å². The predicted molar refractivity (Wildman–Crippen MR) is 115 cm³/mol. The van der Waals surface area contributed by atoms with Crippen molar-refractivity contribution >= 4 is 34.9 Å². The summed E-state index contributed by atoms with van der Waals surface area (Å²) in [5.74, 6) is 0.540. The van der Waals surface area contributed by atoms with Crippen molar-refractivity contribution in [2.75, 3.05) is 5.32 Å². The van der Waals surface area contributed by atoms with Crippen LogP contribution in [0.5, 0.6) is 5.75 Å². The van der Waals surface area contributed by atoms with Crippen LogP contribution in [-0.2, 0) is 4.79 Å². The average molecular weight is 441 g/mol. The SMILES string of the molecule is Cc1noc2c1[C@@H](c1ccc(Cl)c(Cl)c1)C1=C(C[C@@H](c3ccc(O)cc3)CC1=O)N2. The van der Waals surface area contributed by atoms with Gasteiger partial charge in [0, 0.05) is 23.6 Å². The summed E-state index contributed by atoms with van der Waals surface area (Å²) < 4.78 is 5.53. The zero-order valence-electron chi connectivity index (χ0n) is 16.1. The lowest BCUT2D eigenvalue weighted by atomic mass is 9.72. The molecule has 5 rings (SSSR count). The summed E-state index contributed by atoms with van der Waals surface area (Å²) in [6.07, 6.45) is 1.05. The molecule has 2 aromatic carbocycles. The van der Waals surface area contributed by atoms with Crippen LogP contribution >= 0.6 is 23.2 Å². The van der Waals surface area contributed by atoms with Crippen LogP contribution in [0, 0.1) is 6.92 Å². The third-order valence-electron chi connectivity index (χ3n) is 5.90. The normalized spacial score (nSPS) is 20.6. The second kappa shape index (κ2) is 7.18. The molecule has 1 aliphatic carbocycles. The van der Waals surface area contributed by atoms with E-state index in [0.717, 1.165) is 33.7 Å². The molecule has 0 amide bonds. The monoisotopic (exact) mass is 440 g/mol. The molecule has 2 N–H and O–H groups in total. The van der Waals surface area contributed by atoms with Gasteiger partial charge < -0.3 is 14.9 Å². The highest BCUT2D eigenvalue weighted by atomic mass is 35.5. The molecule has 1 aliphatic heterocycles. The molecule has 0 saturated carbocycles. The van der Waals surface area contributed by atoms with E-state index in [-0.39, 0.29) is 23.4 Å². The Bertz CT molecular complexity index is 1200. The van der Waals surface area contributed by atoms with E-state index in [2.05, 4.69) is 10.5 Å². The molecule has 0 unspecified atom stereocenters. The van der Waals surface area contributed by atoms with E-state index in [9.17, 15) is 9.90 Å². The number of allylic oxidation sites excluding steroid dienone is 2. The number of rotatable bonds is 2. The van der Waals surface area contributed by atoms with E-state index < -0.39 is 0 Å². The smallest absolute Gasteiger partial charge is 0.233 e. The van der Waals surface area contributed by atoms with Crippen LogP contribution in [-0.4, -0.2) is 16.0 Å². The first-order valence-corrected chi connectivity index (χ1v) is 10.4. The van der Waals surface area contributed by atoms with Gasteiger partial charge in [-0.2, -0.15) is 0 Å². The number of aromatic nitrogens is 1. The van der Waals surface area contributed by atoms with Gasteiger partial charge in [0.05, 0.1) is 21.3 Å². The van der Waals surface area contributed by atoms with E-state index in [1.807, 2.05) is 25.1 Å². The van der Waals surface area contributed by atoms with Gasteiger partial charge in [0.1, 0.15) is 5.75 Å². The number of ketones is 1. The molecule has 0 bridgehead atoms. The number of benzene rings is 2. The molecule has 2 aliphatic rings. The molecule has 5 nitrogen and oxygen atoms in total. The van der Waals surface area contributed by atoms with Gasteiger partial charge in [0.25, 0.3) is 0 Å². The highest BCUT2D eigenvalue weighted by molar-refractivity contribution is 6.42. The largest absolute Gasteiger partial charge is 0.508 e. The summed E-state index contributed by atoms with van der Waals surface area (Å²) in [4.78, 5) is 13.4. The van der Waals surface area contributed by atoms with Crippen molar-refractivity contribution in [3.8, 4) is 5.75 Å². The first-order chi connectivity index (χ1) is 14.4. The molecule has 2 heterocycles. The van der Waals surface area contributed by atoms with Crippen molar-refractivity contribution in [3.63, 3.8) is 0 Å². The molecule has 30 heavy (non-hydrogen) atoms. The average Bonchev–Trinajstić information content (AvgIpc) is 3.09. The number of carbonyl (C=O) groups is 1. The highest BCUT2D eigenvalue weighted by Gasteiger charge is 2.41. The molecule has 0 radical (unpaired) electrons. The number of fused-ring (bicyclic) bond motifs is 1. The number of phenols is 1. The minimum atomic E-state index is -0.314. The van der Waals surface area contributed by atoms with Crippen LogP contribution in [0.1, 0.15) is 47.1 Å². The van der Waals surface area contributed by atoms with E-state index in [4.69, 9.17) is 27.7 Å². The number of carbonyl (C=O) groups excluding carboxylic acids is 1. The summed E-state index contributed by atoms with van der Waals surface area (Å²) in [6, 6.07) is 12.5. The molecular weight excluding hydrogens is 423 g/mol. The molecule has 0 fully saturated rings. The summed E-state index contributed by atoms with van der Waals surface area (Å²) in [7, 11) is 0. The van der Waals surface area contributed by atoms with Crippen molar-refractivity contribution in [1.82, 2.24) is 5.16 Å². The first-order valence-electron chi connectivity index (χ1n) is 9.65. The minimum absolute atomic E-state index is 0.0179. The van der Waals surface area contributed by atoms with Crippen LogP contribution in [0.4, 0.5) is 5.88 Å². The standard InChI is InChI=1S/C23H18Cl2N2O3/c1-11-20-21(13-4-7-16(24)17(25)8-13)22-18(26-23(20)30-27-11)9-14(10-19(22)29)12-2-5-15(28)6-3-12/h2-8,14,21,26,28H,9-10H2,1H3/t14-,21-/m1/s1. The molecule has 0 saturated heterocycles. The maximum atomic E-state index is 13.4. The number of hydrogen-bond donors (Lipinski definition) is 2. The topological polar surface area (TPSA) is 75.4 Å². The molecule has 0 spiro atoms. The molecular formula is C23H18Cl2N2O3. The predicted octanol–water partition coefficient (Wildman–Crippen LogP) is 5.95. The number of hydrogen-bond acceptors (Lipinski definition) is 5. The molecule has 7 heteroatoms. The Morgan fingerprint density at radius 2 is 1.80 bits per heavy atom. The Labute approximate surface area is 183 Å². The number of Topliss-reactive ketones (excluding diaryl/α,β-unsaturated/α-hetero) is 1. The lowest BCUT2D eigenvalue weighted by Gasteiger charge is -2.34. The van der Waals surface area contributed by atoms with Crippen LogP contribution in [0.2, 0.25) is 10.0 Å². The molecule has 152 valence electrons.